The van der Waals surface area contributed by atoms with E-state index in [1.807, 2.05) is 0 Å². The summed E-state index contributed by atoms with van der Waals surface area (Å²) in [7, 11) is 0. The summed E-state index contributed by atoms with van der Waals surface area (Å²) in [4.78, 5) is 13.6. The van der Waals surface area contributed by atoms with Crippen molar-refractivity contribution in [2.75, 3.05) is 6.54 Å². The highest BCUT2D eigenvalue weighted by Crippen LogP contribution is 2.10. The molecule has 0 fully saturated rings. The normalized spacial score (nSPS) is 10.2. The minimum atomic E-state index is -0.336. The molecular weight excluding hydrogens is 261 g/mol. The molecule has 1 aromatic heterocycles. The van der Waals surface area contributed by atoms with Crippen molar-refractivity contribution in [3.8, 4) is 0 Å². The van der Waals surface area contributed by atoms with Crippen LogP contribution in [0.1, 0.15) is 5.56 Å². The van der Waals surface area contributed by atoms with Crippen LogP contribution in [0.3, 0.4) is 0 Å². The van der Waals surface area contributed by atoms with Gasteiger partial charge in [-0.2, -0.15) is 0 Å². The first-order chi connectivity index (χ1) is 9.70. The van der Waals surface area contributed by atoms with E-state index in [1.165, 1.54) is 22.0 Å². The highest BCUT2D eigenvalue weighted by atomic mass is 19.1. The lowest BCUT2D eigenvalue weighted by Gasteiger charge is -2.21. The second kappa shape index (κ2) is 6.55. The monoisotopic (exact) mass is 275 g/mol. The van der Waals surface area contributed by atoms with Gasteiger partial charge in [0.1, 0.15) is 18.7 Å². The van der Waals surface area contributed by atoms with Gasteiger partial charge in [0.2, 0.25) is 5.91 Å². The first-order valence-corrected chi connectivity index (χ1v) is 6.03. The third kappa shape index (κ3) is 3.47. The number of tetrazole rings is 1. The maximum Gasteiger partial charge on any atom is 0.245 e. The second-order valence-corrected chi connectivity index (χ2v) is 4.16. The van der Waals surface area contributed by atoms with Gasteiger partial charge in [-0.15, -0.1) is 11.7 Å². The fourth-order valence-corrected chi connectivity index (χ4v) is 1.73. The highest BCUT2D eigenvalue weighted by Gasteiger charge is 2.15. The van der Waals surface area contributed by atoms with Crippen LogP contribution in [0.25, 0.3) is 0 Å². The van der Waals surface area contributed by atoms with Crippen molar-refractivity contribution in [3.05, 3.63) is 54.6 Å². The summed E-state index contributed by atoms with van der Waals surface area (Å²) in [5, 5.41) is 10.6. The summed E-state index contributed by atoms with van der Waals surface area (Å²) in [5.41, 5.74) is 0.458. The van der Waals surface area contributed by atoms with Gasteiger partial charge in [0, 0.05) is 18.7 Å². The van der Waals surface area contributed by atoms with E-state index in [0.29, 0.717) is 12.1 Å². The zero-order valence-electron chi connectivity index (χ0n) is 10.8. The molecule has 0 radical (unpaired) electrons. The van der Waals surface area contributed by atoms with Gasteiger partial charge < -0.3 is 4.90 Å². The van der Waals surface area contributed by atoms with Crippen LogP contribution < -0.4 is 0 Å². The van der Waals surface area contributed by atoms with Gasteiger partial charge in [0.15, 0.2) is 0 Å². The molecule has 1 heterocycles. The van der Waals surface area contributed by atoms with E-state index >= 15 is 0 Å². The summed E-state index contributed by atoms with van der Waals surface area (Å²) < 4.78 is 14.9. The van der Waals surface area contributed by atoms with Crippen LogP contribution in [-0.2, 0) is 17.9 Å². The summed E-state index contributed by atoms with van der Waals surface area (Å²) >= 11 is 0. The Bertz CT molecular complexity index is 584. The van der Waals surface area contributed by atoms with Crippen molar-refractivity contribution < 1.29 is 9.18 Å². The Balaban J connectivity index is 2.08. The fraction of sp³-hybridized carbons (Fsp3) is 0.231. The van der Waals surface area contributed by atoms with Crippen molar-refractivity contribution in [1.82, 2.24) is 25.1 Å². The quantitative estimate of drug-likeness (QED) is 0.739. The van der Waals surface area contributed by atoms with E-state index < -0.39 is 0 Å². The molecule has 6 nitrogen and oxygen atoms in total. The molecule has 1 amide bonds. The Morgan fingerprint density at radius 2 is 2.25 bits per heavy atom. The Kier molecular flexibility index (Phi) is 4.54. The number of amides is 1. The van der Waals surface area contributed by atoms with E-state index in [4.69, 9.17) is 0 Å². The predicted molar refractivity (Wildman–Crippen MR) is 69.8 cm³/mol. The van der Waals surface area contributed by atoms with Crippen molar-refractivity contribution in [3.63, 3.8) is 0 Å². The molecule has 0 aliphatic rings. The van der Waals surface area contributed by atoms with Crippen LogP contribution in [0.15, 0.2) is 43.2 Å². The Morgan fingerprint density at radius 1 is 1.45 bits per heavy atom. The second-order valence-electron chi connectivity index (χ2n) is 4.16. The molecule has 20 heavy (non-hydrogen) atoms. The molecule has 0 spiro atoms. The molecule has 104 valence electrons. The molecular formula is C13H14FN5O. The topological polar surface area (TPSA) is 63.9 Å². The number of aromatic nitrogens is 4. The number of carbonyl (C=O) groups excluding carboxylic acids is 1. The van der Waals surface area contributed by atoms with Crippen LogP contribution in [0, 0.1) is 5.82 Å². The lowest BCUT2D eigenvalue weighted by Crippen LogP contribution is -2.34. The zero-order valence-corrected chi connectivity index (χ0v) is 10.8. The summed E-state index contributed by atoms with van der Waals surface area (Å²) in [6, 6.07) is 6.36. The molecule has 1 aromatic carbocycles. The smallest absolute Gasteiger partial charge is 0.245 e. The Hall–Kier alpha value is -2.57. The first kappa shape index (κ1) is 13.9. The number of nitrogens with zero attached hydrogens (tertiary/aromatic N) is 5. The van der Waals surface area contributed by atoms with E-state index in [2.05, 4.69) is 22.1 Å². The van der Waals surface area contributed by atoms with Crippen LogP contribution in [0.5, 0.6) is 0 Å². The van der Waals surface area contributed by atoms with Crippen molar-refractivity contribution in [2.24, 2.45) is 0 Å². The molecule has 2 aromatic rings. The number of halogens is 1. The zero-order chi connectivity index (χ0) is 14.4. The number of hydrogen-bond acceptors (Lipinski definition) is 4. The minimum absolute atomic E-state index is 0.00922. The van der Waals surface area contributed by atoms with Gasteiger partial charge in [-0.05, 0) is 16.5 Å². The van der Waals surface area contributed by atoms with Crippen LogP contribution in [0.4, 0.5) is 4.39 Å². The number of hydrogen-bond donors (Lipinski definition) is 0. The number of carbonyl (C=O) groups is 1. The third-order valence-corrected chi connectivity index (χ3v) is 2.71. The molecule has 0 atom stereocenters. The van der Waals surface area contributed by atoms with Crippen molar-refractivity contribution in [1.29, 1.82) is 0 Å². The lowest BCUT2D eigenvalue weighted by atomic mass is 10.2. The van der Waals surface area contributed by atoms with Crippen LogP contribution in [0.2, 0.25) is 0 Å². The number of benzene rings is 1. The summed E-state index contributed by atoms with van der Waals surface area (Å²) in [5.74, 6) is -0.544. The van der Waals surface area contributed by atoms with Crippen LogP contribution in [-0.4, -0.2) is 37.6 Å². The molecule has 0 N–H and O–H groups in total. The van der Waals surface area contributed by atoms with Gasteiger partial charge in [-0.25, -0.2) is 9.07 Å². The van der Waals surface area contributed by atoms with Gasteiger partial charge in [0.05, 0.1) is 0 Å². The third-order valence-electron chi connectivity index (χ3n) is 2.71. The highest BCUT2D eigenvalue weighted by molar-refractivity contribution is 5.76. The largest absolute Gasteiger partial charge is 0.333 e. The molecule has 0 saturated heterocycles. The molecule has 0 bridgehead atoms. The Labute approximate surface area is 115 Å². The molecule has 7 heteroatoms. The molecule has 0 aliphatic heterocycles. The van der Waals surface area contributed by atoms with Gasteiger partial charge in [-0.3, -0.25) is 4.79 Å². The van der Waals surface area contributed by atoms with E-state index in [9.17, 15) is 9.18 Å². The fourth-order valence-electron chi connectivity index (χ4n) is 1.73. The molecule has 0 saturated carbocycles. The maximum atomic E-state index is 13.6. The van der Waals surface area contributed by atoms with E-state index in [0.717, 1.165) is 0 Å². The molecule has 2 rings (SSSR count). The van der Waals surface area contributed by atoms with E-state index in [1.54, 1.807) is 24.3 Å². The number of rotatable bonds is 6. The molecule has 0 aliphatic carbocycles. The van der Waals surface area contributed by atoms with Crippen molar-refractivity contribution >= 4 is 5.91 Å². The van der Waals surface area contributed by atoms with Crippen LogP contribution >= 0.6 is 0 Å². The average Bonchev–Trinajstić information content (AvgIpc) is 2.93. The lowest BCUT2D eigenvalue weighted by molar-refractivity contribution is -0.132. The maximum absolute atomic E-state index is 13.6. The van der Waals surface area contributed by atoms with Gasteiger partial charge >= 0.3 is 0 Å². The predicted octanol–water partition coefficient (Wildman–Crippen LogP) is 1.03. The standard InChI is InChI=1S/C13H14FN5O/c1-2-7-18(8-11-5-3-4-6-12(11)14)13(20)9-19-10-15-16-17-19/h2-6,10H,1,7-9H2. The molecule has 0 unspecified atom stereocenters. The Morgan fingerprint density at radius 3 is 2.90 bits per heavy atom. The van der Waals surface area contributed by atoms with Crippen molar-refractivity contribution in [2.45, 2.75) is 13.1 Å². The average molecular weight is 275 g/mol. The minimum Gasteiger partial charge on any atom is -0.333 e. The van der Waals surface area contributed by atoms with E-state index in [-0.39, 0.29) is 24.8 Å². The van der Waals surface area contributed by atoms with Gasteiger partial charge in [-0.1, -0.05) is 24.3 Å². The first-order valence-electron chi connectivity index (χ1n) is 6.03. The summed E-state index contributed by atoms with van der Waals surface area (Å²) in [6.07, 6.45) is 2.95. The summed E-state index contributed by atoms with van der Waals surface area (Å²) in [6.45, 7) is 4.13. The van der Waals surface area contributed by atoms with Gasteiger partial charge in [0.25, 0.3) is 0 Å². The SMILES string of the molecule is C=CCN(Cc1ccccc1F)C(=O)Cn1cnnn1.